The van der Waals surface area contributed by atoms with E-state index in [1.165, 1.54) is 44.2 Å². The number of benzene rings is 1. The van der Waals surface area contributed by atoms with E-state index in [-0.39, 0.29) is 0 Å². The molecule has 2 atom stereocenters. The van der Waals surface area contributed by atoms with Crippen molar-refractivity contribution in [1.82, 2.24) is 4.90 Å². The van der Waals surface area contributed by atoms with Crippen molar-refractivity contribution >= 4 is 15.9 Å². The maximum Gasteiger partial charge on any atom is 0.0473 e. The predicted octanol–water partition coefficient (Wildman–Crippen LogP) is 4.10. The van der Waals surface area contributed by atoms with Crippen LogP contribution in [0.15, 0.2) is 28.7 Å². The number of hydrogen-bond acceptors (Lipinski definition) is 2. The van der Waals surface area contributed by atoms with Crippen molar-refractivity contribution in [3.8, 4) is 0 Å². The van der Waals surface area contributed by atoms with Crippen molar-refractivity contribution in [1.29, 1.82) is 0 Å². The minimum absolute atomic E-state index is 0.370. The summed E-state index contributed by atoms with van der Waals surface area (Å²) in [6, 6.07) is 9.70. The molecule has 2 nitrogen and oxygen atoms in total. The van der Waals surface area contributed by atoms with Crippen LogP contribution in [0.1, 0.15) is 50.6 Å². The maximum atomic E-state index is 6.09. The Morgan fingerprint density at radius 3 is 2.95 bits per heavy atom. The Morgan fingerprint density at radius 2 is 2.26 bits per heavy atom. The lowest BCUT2D eigenvalue weighted by atomic mass is 9.94. The monoisotopic (exact) mass is 324 g/mol. The van der Waals surface area contributed by atoms with Crippen LogP contribution in [0, 0.1) is 0 Å². The molecule has 0 aliphatic carbocycles. The summed E-state index contributed by atoms with van der Waals surface area (Å²) in [6.07, 6.45) is 6.57. The molecule has 1 saturated heterocycles. The lowest BCUT2D eigenvalue weighted by Gasteiger charge is -2.41. The Labute approximate surface area is 125 Å². The van der Waals surface area contributed by atoms with Gasteiger partial charge in [-0.1, -0.05) is 47.8 Å². The Balaban J connectivity index is 2.19. The highest BCUT2D eigenvalue weighted by molar-refractivity contribution is 9.10. The smallest absolute Gasteiger partial charge is 0.0473 e. The third-order valence-electron chi connectivity index (χ3n) is 4.15. The van der Waals surface area contributed by atoms with E-state index in [9.17, 15) is 0 Å². The fourth-order valence-corrected chi connectivity index (χ4v) is 3.67. The molecule has 2 N–H and O–H groups in total. The van der Waals surface area contributed by atoms with Crippen LogP contribution in [0.5, 0.6) is 0 Å². The number of nitrogens with two attached hydrogens (primary N) is 1. The molecule has 0 spiro atoms. The SMILES string of the molecule is CCCC1CCCCN1C(CN)c1cccc(Br)c1. The zero-order valence-corrected chi connectivity index (χ0v) is 13.4. The fourth-order valence-electron chi connectivity index (χ4n) is 3.25. The summed E-state index contributed by atoms with van der Waals surface area (Å²) in [5.74, 6) is 0. The normalized spacial score (nSPS) is 22.4. The van der Waals surface area contributed by atoms with E-state index < -0.39 is 0 Å². The van der Waals surface area contributed by atoms with Gasteiger partial charge in [-0.05, 0) is 43.5 Å². The molecule has 1 fully saturated rings. The number of piperidine rings is 1. The van der Waals surface area contributed by atoms with Gasteiger partial charge in [0.2, 0.25) is 0 Å². The van der Waals surface area contributed by atoms with E-state index >= 15 is 0 Å². The van der Waals surface area contributed by atoms with Crippen molar-refractivity contribution in [2.75, 3.05) is 13.1 Å². The first-order chi connectivity index (χ1) is 9.26. The molecule has 0 aromatic heterocycles. The molecule has 106 valence electrons. The molecule has 2 rings (SSSR count). The van der Waals surface area contributed by atoms with Gasteiger partial charge in [-0.3, -0.25) is 4.90 Å². The Morgan fingerprint density at radius 1 is 1.42 bits per heavy atom. The van der Waals surface area contributed by atoms with Crippen LogP contribution in [0.2, 0.25) is 0 Å². The van der Waals surface area contributed by atoms with Crippen LogP contribution in [-0.4, -0.2) is 24.0 Å². The molecule has 0 amide bonds. The second-order valence-electron chi connectivity index (χ2n) is 5.48. The minimum atomic E-state index is 0.370. The third-order valence-corrected chi connectivity index (χ3v) is 4.64. The molecule has 2 unspecified atom stereocenters. The second kappa shape index (κ2) is 7.41. The molecule has 1 heterocycles. The Kier molecular flexibility index (Phi) is 5.86. The molecule has 0 radical (unpaired) electrons. The lowest BCUT2D eigenvalue weighted by Crippen LogP contribution is -2.44. The third kappa shape index (κ3) is 3.80. The number of hydrogen-bond donors (Lipinski definition) is 1. The van der Waals surface area contributed by atoms with Crippen LogP contribution in [0.4, 0.5) is 0 Å². The van der Waals surface area contributed by atoms with E-state index in [0.29, 0.717) is 18.6 Å². The molecule has 1 aromatic rings. The zero-order chi connectivity index (χ0) is 13.7. The number of rotatable bonds is 5. The van der Waals surface area contributed by atoms with Gasteiger partial charge in [0.1, 0.15) is 0 Å². The van der Waals surface area contributed by atoms with Crippen molar-refractivity contribution in [2.45, 2.75) is 51.1 Å². The van der Waals surface area contributed by atoms with Crippen molar-refractivity contribution in [3.05, 3.63) is 34.3 Å². The molecule has 1 aromatic carbocycles. The van der Waals surface area contributed by atoms with Crippen LogP contribution in [-0.2, 0) is 0 Å². The topological polar surface area (TPSA) is 29.3 Å². The van der Waals surface area contributed by atoms with Gasteiger partial charge in [-0.2, -0.15) is 0 Å². The average molecular weight is 325 g/mol. The van der Waals surface area contributed by atoms with Gasteiger partial charge in [0.25, 0.3) is 0 Å². The van der Waals surface area contributed by atoms with Gasteiger partial charge in [0.15, 0.2) is 0 Å². The first kappa shape index (κ1) is 15.0. The lowest BCUT2D eigenvalue weighted by molar-refractivity contribution is 0.0912. The fraction of sp³-hybridized carbons (Fsp3) is 0.625. The standard InChI is InChI=1S/C16H25BrN2/c1-2-6-15-9-3-4-10-19(15)16(12-18)13-7-5-8-14(17)11-13/h5,7-8,11,15-16H,2-4,6,9-10,12,18H2,1H3. The number of halogens is 1. The highest BCUT2D eigenvalue weighted by atomic mass is 79.9. The molecule has 1 aliphatic heterocycles. The van der Waals surface area contributed by atoms with Gasteiger partial charge in [-0.15, -0.1) is 0 Å². The van der Waals surface area contributed by atoms with Crippen LogP contribution in [0.25, 0.3) is 0 Å². The summed E-state index contributed by atoms with van der Waals surface area (Å²) < 4.78 is 1.15. The molecule has 0 bridgehead atoms. The highest BCUT2D eigenvalue weighted by Gasteiger charge is 2.28. The maximum absolute atomic E-state index is 6.09. The Bertz CT molecular complexity index is 392. The average Bonchev–Trinajstić information content (AvgIpc) is 2.42. The molecular weight excluding hydrogens is 300 g/mol. The molecule has 0 saturated carbocycles. The Hall–Kier alpha value is -0.380. The van der Waals surface area contributed by atoms with Crippen LogP contribution >= 0.6 is 15.9 Å². The van der Waals surface area contributed by atoms with Crippen LogP contribution < -0.4 is 5.73 Å². The summed E-state index contributed by atoms with van der Waals surface area (Å²) in [4.78, 5) is 2.65. The van der Waals surface area contributed by atoms with E-state index in [0.717, 1.165) is 4.47 Å². The summed E-state index contributed by atoms with van der Waals surface area (Å²) in [7, 11) is 0. The molecule has 1 aliphatic rings. The zero-order valence-electron chi connectivity index (χ0n) is 11.8. The molecule has 3 heteroatoms. The summed E-state index contributed by atoms with van der Waals surface area (Å²) >= 11 is 3.57. The largest absolute Gasteiger partial charge is 0.329 e. The summed E-state index contributed by atoms with van der Waals surface area (Å²) in [6.45, 7) is 4.18. The van der Waals surface area contributed by atoms with Gasteiger partial charge >= 0.3 is 0 Å². The summed E-state index contributed by atoms with van der Waals surface area (Å²) in [5, 5.41) is 0. The minimum Gasteiger partial charge on any atom is -0.329 e. The van der Waals surface area contributed by atoms with Gasteiger partial charge in [0, 0.05) is 23.1 Å². The van der Waals surface area contributed by atoms with Crippen molar-refractivity contribution in [3.63, 3.8) is 0 Å². The van der Waals surface area contributed by atoms with Gasteiger partial charge in [0.05, 0.1) is 0 Å². The van der Waals surface area contributed by atoms with Gasteiger partial charge in [-0.25, -0.2) is 0 Å². The van der Waals surface area contributed by atoms with E-state index in [1.807, 2.05) is 0 Å². The van der Waals surface area contributed by atoms with Crippen molar-refractivity contribution in [2.24, 2.45) is 5.73 Å². The first-order valence-electron chi connectivity index (χ1n) is 7.47. The highest BCUT2D eigenvalue weighted by Crippen LogP contribution is 2.31. The number of likely N-dealkylation sites (tertiary alicyclic amines) is 1. The van der Waals surface area contributed by atoms with E-state index in [4.69, 9.17) is 5.73 Å². The van der Waals surface area contributed by atoms with E-state index in [2.05, 4.69) is 52.0 Å². The molecule has 19 heavy (non-hydrogen) atoms. The van der Waals surface area contributed by atoms with Gasteiger partial charge < -0.3 is 5.73 Å². The van der Waals surface area contributed by atoms with Crippen LogP contribution in [0.3, 0.4) is 0 Å². The van der Waals surface area contributed by atoms with E-state index in [1.54, 1.807) is 0 Å². The first-order valence-corrected chi connectivity index (χ1v) is 8.26. The number of nitrogens with zero attached hydrogens (tertiary/aromatic N) is 1. The predicted molar refractivity (Wildman–Crippen MR) is 85.2 cm³/mol. The summed E-state index contributed by atoms with van der Waals surface area (Å²) in [5.41, 5.74) is 7.43. The quantitative estimate of drug-likeness (QED) is 0.883. The van der Waals surface area contributed by atoms with Crippen molar-refractivity contribution < 1.29 is 0 Å². The second-order valence-corrected chi connectivity index (χ2v) is 6.40. The molecular formula is C16H25BrN2.